The first kappa shape index (κ1) is 10.7. The number of aromatic nitrogens is 1. The van der Waals surface area contributed by atoms with Crippen LogP contribution in [0.3, 0.4) is 0 Å². The first-order valence-corrected chi connectivity index (χ1v) is 4.59. The van der Waals surface area contributed by atoms with Crippen LogP contribution in [-0.2, 0) is 4.79 Å². The lowest BCUT2D eigenvalue weighted by Crippen LogP contribution is -2.33. The Hall–Kier alpha value is -1.42. The Labute approximate surface area is 83.7 Å². The monoisotopic (exact) mass is 193 g/mol. The van der Waals surface area contributed by atoms with Gasteiger partial charge in [-0.25, -0.2) is 0 Å². The molecule has 1 amide bonds. The second-order valence-corrected chi connectivity index (χ2v) is 3.03. The first-order valence-electron chi connectivity index (χ1n) is 4.59. The van der Waals surface area contributed by atoms with Crippen LogP contribution in [0.5, 0.6) is 0 Å². The largest absolute Gasteiger partial charge is 0.358 e. The van der Waals surface area contributed by atoms with Crippen LogP contribution in [0.15, 0.2) is 24.4 Å². The number of pyridine rings is 1. The Bertz CT molecular complexity index is 287. The van der Waals surface area contributed by atoms with E-state index in [1.807, 2.05) is 25.1 Å². The van der Waals surface area contributed by atoms with Gasteiger partial charge in [-0.3, -0.25) is 9.78 Å². The molecule has 4 heteroatoms. The molecule has 4 nitrogen and oxygen atoms in total. The van der Waals surface area contributed by atoms with Crippen molar-refractivity contribution in [1.82, 2.24) is 15.6 Å². The number of rotatable bonds is 4. The molecular weight excluding hydrogens is 178 g/mol. The minimum absolute atomic E-state index is 0.0206. The van der Waals surface area contributed by atoms with Crippen LogP contribution in [0.2, 0.25) is 0 Å². The van der Waals surface area contributed by atoms with E-state index in [1.54, 1.807) is 13.2 Å². The van der Waals surface area contributed by atoms with Crippen LogP contribution >= 0.6 is 0 Å². The SMILES string of the molecule is CNC(=O)CNC(C)c1ccccn1. The summed E-state index contributed by atoms with van der Waals surface area (Å²) in [6, 6.07) is 5.82. The molecule has 1 heterocycles. The highest BCUT2D eigenvalue weighted by atomic mass is 16.1. The number of carbonyl (C=O) groups is 1. The van der Waals surface area contributed by atoms with E-state index in [4.69, 9.17) is 0 Å². The first-order chi connectivity index (χ1) is 6.74. The fraction of sp³-hybridized carbons (Fsp3) is 0.400. The molecule has 1 rings (SSSR count). The van der Waals surface area contributed by atoms with E-state index in [-0.39, 0.29) is 11.9 Å². The van der Waals surface area contributed by atoms with Crippen molar-refractivity contribution in [3.05, 3.63) is 30.1 Å². The van der Waals surface area contributed by atoms with E-state index in [0.717, 1.165) is 5.69 Å². The summed E-state index contributed by atoms with van der Waals surface area (Å²) in [5.41, 5.74) is 0.941. The van der Waals surface area contributed by atoms with Crippen LogP contribution in [0.4, 0.5) is 0 Å². The van der Waals surface area contributed by atoms with Gasteiger partial charge in [0.1, 0.15) is 0 Å². The number of carbonyl (C=O) groups excluding carboxylic acids is 1. The van der Waals surface area contributed by atoms with Gasteiger partial charge in [-0.1, -0.05) is 6.07 Å². The summed E-state index contributed by atoms with van der Waals surface area (Å²) < 4.78 is 0. The quantitative estimate of drug-likeness (QED) is 0.731. The molecule has 0 spiro atoms. The maximum Gasteiger partial charge on any atom is 0.233 e. The van der Waals surface area contributed by atoms with Gasteiger partial charge in [0.05, 0.1) is 12.2 Å². The lowest BCUT2D eigenvalue weighted by atomic mass is 10.2. The Morgan fingerprint density at radius 1 is 1.57 bits per heavy atom. The molecule has 1 atom stereocenters. The lowest BCUT2D eigenvalue weighted by Gasteiger charge is -2.11. The van der Waals surface area contributed by atoms with Crippen molar-refractivity contribution in [2.45, 2.75) is 13.0 Å². The van der Waals surface area contributed by atoms with Crippen LogP contribution < -0.4 is 10.6 Å². The molecule has 0 radical (unpaired) electrons. The van der Waals surface area contributed by atoms with Gasteiger partial charge in [-0.2, -0.15) is 0 Å². The molecule has 1 unspecified atom stereocenters. The molecule has 0 aliphatic carbocycles. The zero-order chi connectivity index (χ0) is 10.4. The second kappa shape index (κ2) is 5.34. The highest BCUT2D eigenvalue weighted by Gasteiger charge is 2.06. The molecule has 0 aliphatic heterocycles. The zero-order valence-electron chi connectivity index (χ0n) is 8.45. The molecule has 0 saturated carbocycles. The van der Waals surface area contributed by atoms with Gasteiger partial charge in [0.2, 0.25) is 5.91 Å². The van der Waals surface area contributed by atoms with Gasteiger partial charge in [0, 0.05) is 19.3 Å². The lowest BCUT2D eigenvalue weighted by molar-refractivity contribution is -0.119. The molecule has 0 aromatic carbocycles. The fourth-order valence-corrected chi connectivity index (χ4v) is 1.07. The Balaban J connectivity index is 2.43. The van der Waals surface area contributed by atoms with Crippen molar-refractivity contribution in [2.24, 2.45) is 0 Å². The van der Waals surface area contributed by atoms with E-state index < -0.39 is 0 Å². The number of nitrogens with zero attached hydrogens (tertiary/aromatic N) is 1. The number of hydrogen-bond acceptors (Lipinski definition) is 3. The average Bonchev–Trinajstić information content (AvgIpc) is 2.26. The van der Waals surface area contributed by atoms with Crippen molar-refractivity contribution in [2.75, 3.05) is 13.6 Å². The summed E-state index contributed by atoms with van der Waals surface area (Å²) in [6.45, 7) is 2.29. The molecule has 1 aromatic heterocycles. The number of likely N-dealkylation sites (N-methyl/N-ethyl adjacent to an activating group) is 1. The topological polar surface area (TPSA) is 54.0 Å². The summed E-state index contributed by atoms with van der Waals surface area (Å²) in [6.07, 6.45) is 1.74. The van der Waals surface area contributed by atoms with Crippen LogP contribution in [0, 0.1) is 0 Å². The summed E-state index contributed by atoms with van der Waals surface area (Å²) in [4.78, 5) is 15.1. The summed E-state index contributed by atoms with van der Waals surface area (Å²) in [5.74, 6) is -0.0206. The van der Waals surface area contributed by atoms with Crippen LogP contribution in [0.25, 0.3) is 0 Å². The molecule has 2 N–H and O–H groups in total. The maximum absolute atomic E-state index is 11.0. The van der Waals surface area contributed by atoms with E-state index in [2.05, 4.69) is 15.6 Å². The molecule has 0 bridgehead atoms. The second-order valence-electron chi connectivity index (χ2n) is 3.03. The third kappa shape index (κ3) is 3.14. The van der Waals surface area contributed by atoms with Gasteiger partial charge in [-0.05, 0) is 19.1 Å². The molecule has 0 aliphatic rings. The van der Waals surface area contributed by atoms with Gasteiger partial charge >= 0.3 is 0 Å². The van der Waals surface area contributed by atoms with Crippen LogP contribution in [0.1, 0.15) is 18.7 Å². The summed E-state index contributed by atoms with van der Waals surface area (Å²) in [7, 11) is 1.62. The third-order valence-electron chi connectivity index (χ3n) is 1.98. The number of amides is 1. The summed E-state index contributed by atoms with van der Waals surface area (Å²) in [5, 5.41) is 5.62. The fourth-order valence-electron chi connectivity index (χ4n) is 1.07. The van der Waals surface area contributed by atoms with Crippen LogP contribution in [-0.4, -0.2) is 24.5 Å². The van der Waals surface area contributed by atoms with Gasteiger partial charge in [-0.15, -0.1) is 0 Å². The smallest absolute Gasteiger partial charge is 0.233 e. The normalized spacial score (nSPS) is 12.1. The molecular formula is C10H15N3O. The predicted octanol–water partition coefficient (Wildman–Crippen LogP) is 0.478. The molecule has 76 valence electrons. The average molecular weight is 193 g/mol. The van der Waals surface area contributed by atoms with E-state index in [0.29, 0.717) is 6.54 Å². The Kier molecular flexibility index (Phi) is 4.07. The molecule has 1 aromatic rings. The standard InChI is InChI=1S/C10H15N3O/c1-8(13-7-10(14)11-2)9-5-3-4-6-12-9/h3-6,8,13H,7H2,1-2H3,(H,11,14). The van der Waals surface area contributed by atoms with Gasteiger partial charge in [0.25, 0.3) is 0 Å². The maximum atomic E-state index is 11.0. The van der Waals surface area contributed by atoms with Gasteiger partial charge < -0.3 is 10.6 Å². The van der Waals surface area contributed by atoms with Crippen molar-refractivity contribution >= 4 is 5.91 Å². The van der Waals surface area contributed by atoms with Crippen molar-refractivity contribution in [3.8, 4) is 0 Å². The van der Waals surface area contributed by atoms with Crippen molar-refractivity contribution in [3.63, 3.8) is 0 Å². The predicted molar refractivity (Wildman–Crippen MR) is 54.7 cm³/mol. The Morgan fingerprint density at radius 2 is 2.36 bits per heavy atom. The highest BCUT2D eigenvalue weighted by Crippen LogP contribution is 2.06. The summed E-state index contributed by atoms with van der Waals surface area (Å²) >= 11 is 0. The molecule has 0 fully saturated rings. The van der Waals surface area contributed by atoms with Crippen molar-refractivity contribution < 1.29 is 4.79 Å². The van der Waals surface area contributed by atoms with Crippen molar-refractivity contribution in [1.29, 1.82) is 0 Å². The number of nitrogens with one attached hydrogen (secondary N) is 2. The van der Waals surface area contributed by atoms with E-state index in [9.17, 15) is 4.79 Å². The van der Waals surface area contributed by atoms with E-state index >= 15 is 0 Å². The van der Waals surface area contributed by atoms with E-state index in [1.165, 1.54) is 0 Å². The van der Waals surface area contributed by atoms with Gasteiger partial charge in [0.15, 0.2) is 0 Å². The zero-order valence-corrected chi connectivity index (χ0v) is 8.45. The molecule has 0 saturated heterocycles. The Morgan fingerprint density at radius 3 is 2.93 bits per heavy atom. The third-order valence-corrected chi connectivity index (χ3v) is 1.98. The highest BCUT2D eigenvalue weighted by molar-refractivity contribution is 5.77. The molecule has 14 heavy (non-hydrogen) atoms. The minimum Gasteiger partial charge on any atom is -0.358 e. The minimum atomic E-state index is -0.0206. The number of hydrogen-bond donors (Lipinski definition) is 2.